The number of benzene rings is 3. The molecular formula is C37H36Cl2FN3O8. The number of rotatable bonds is 11. The molecular weight excluding hydrogens is 704 g/mol. The fourth-order valence-electron chi connectivity index (χ4n) is 6.51. The van der Waals surface area contributed by atoms with Crippen molar-refractivity contribution in [3.63, 3.8) is 0 Å². The van der Waals surface area contributed by atoms with Gasteiger partial charge in [-0.25, -0.2) is 14.0 Å². The summed E-state index contributed by atoms with van der Waals surface area (Å²) in [6.45, 7) is 2.44. The van der Waals surface area contributed by atoms with Gasteiger partial charge in [0.15, 0.2) is 23.9 Å². The summed E-state index contributed by atoms with van der Waals surface area (Å²) in [5.41, 5.74) is 1.57. The van der Waals surface area contributed by atoms with Crippen molar-refractivity contribution in [3.8, 4) is 17.2 Å². The first-order valence-electron chi connectivity index (χ1n) is 16.3. The van der Waals surface area contributed by atoms with Crippen molar-refractivity contribution in [2.45, 2.75) is 38.0 Å². The van der Waals surface area contributed by atoms with Crippen LogP contribution in [0.15, 0.2) is 73.1 Å². The number of phenolic OH excluding ortho intramolecular Hbond substituents is 1. The average molecular weight is 741 g/mol. The van der Waals surface area contributed by atoms with Crippen molar-refractivity contribution in [2.75, 3.05) is 38.8 Å². The lowest BCUT2D eigenvalue weighted by molar-refractivity contribution is -0.605. The first-order valence-corrected chi connectivity index (χ1v) is 17.1. The molecule has 0 aliphatic carbocycles. The van der Waals surface area contributed by atoms with Crippen LogP contribution in [0.2, 0.25) is 10.0 Å². The van der Waals surface area contributed by atoms with E-state index in [0.29, 0.717) is 39.5 Å². The maximum Gasteiger partial charge on any atom is 0.415 e. The molecule has 51 heavy (non-hydrogen) atoms. The number of esters is 1. The molecule has 268 valence electrons. The number of hydrogen-bond acceptors (Lipinski definition) is 9. The van der Waals surface area contributed by atoms with Gasteiger partial charge in [0.05, 0.1) is 32.0 Å². The predicted molar refractivity (Wildman–Crippen MR) is 187 cm³/mol. The molecule has 1 N–H and O–H groups in total. The summed E-state index contributed by atoms with van der Waals surface area (Å²) in [7, 11) is 2.98. The molecule has 2 atom stereocenters. The van der Waals surface area contributed by atoms with Crippen molar-refractivity contribution in [1.29, 1.82) is 0 Å². The van der Waals surface area contributed by atoms with Crippen molar-refractivity contribution in [2.24, 2.45) is 5.92 Å². The Morgan fingerprint density at radius 1 is 1.00 bits per heavy atom. The van der Waals surface area contributed by atoms with E-state index < -0.39 is 24.0 Å². The molecule has 1 aromatic heterocycles. The maximum atomic E-state index is 15.1. The van der Waals surface area contributed by atoms with Crippen molar-refractivity contribution in [1.82, 2.24) is 4.90 Å². The van der Waals surface area contributed by atoms with E-state index in [0.717, 1.165) is 49.3 Å². The van der Waals surface area contributed by atoms with Gasteiger partial charge < -0.3 is 29.3 Å². The Bertz CT molecular complexity index is 1880. The van der Waals surface area contributed by atoms with E-state index in [-0.39, 0.29) is 52.0 Å². The monoisotopic (exact) mass is 739 g/mol. The van der Waals surface area contributed by atoms with Crippen LogP contribution in [-0.4, -0.2) is 62.0 Å². The highest BCUT2D eigenvalue weighted by Crippen LogP contribution is 2.36. The number of aromatic nitrogens is 1. The minimum absolute atomic E-state index is 0.0317. The first-order chi connectivity index (χ1) is 24.5. The van der Waals surface area contributed by atoms with E-state index in [2.05, 4.69) is 4.90 Å². The zero-order chi connectivity index (χ0) is 36.2. The SMILES string of the molecule is COc1ccc([C@H](Cc2c(Cl)c[n+]([O-])cc2Cl)OC(=O)c2ccc(CN(C(=O)O[C@H]3CN4CCC3CC4)c3cc(O)ccc3F)cc2)cc1OC. The Morgan fingerprint density at radius 3 is 2.31 bits per heavy atom. The molecule has 7 rings (SSSR count). The third kappa shape index (κ3) is 8.24. The van der Waals surface area contributed by atoms with Gasteiger partial charge in [-0.05, 0) is 79.4 Å². The summed E-state index contributed by atoms with van der Waals surface area (Å²) in [5, 5.41) is 22.2. The second-order valence-electron chi connectivity index (χ2n) is 12.5. The molecule has 14 heteroatoms. The fourth-order valence-corrected chi connectivity index (χ4v) is 7.11. The minimum Gasteiger partial charge on any atom is -0.619 e. The number of aromatic hydroxyl groups is 1. The van der Waals surface area contributed by atoms with E-state index in [1.807, 2.05) is 0 Å². The number of carbonyl (C=O) groups excluding carboxylic acids is 2. The summed E-state index contributed by atoms with van der Waals surface area (Å²) < 4.78 is 38.3. The van der Waals surface area contributed by atoms with Crippen LogP contribution in [0.3, 0.4) is 0 Å². The van der Waals surface area contributed by atoms with E-state index in [1.165, 1.54) is 38.5 Å². The fraction of sp³-hybridized carbons (Fsp3) is 0.324. The van der Waals surface area contributed by atoms with Crippen LogP contribution in [0.4, 0.5) is 14.9 Å². The Balaban J connectivity index is 1.23. The number of hydrogen-bond donors (Lipinski definition) is 1. The second kappa shape index (κ2) is 15.6. The lowest BCUT2D eigenvalue weighted by Crippen LogP contribution is -2.53. The number of halogens is 3. The summed E-state index contributed by atoms with van der Waals surface area (Å²) >= 11 is 12.7. The second-order valence-corrected chi connectivity index (χ2v) is 13.3. The van der Waals surface area contributed by atoms with Gasteiger partial charge in [-0.3, -0.25) is 9.80 Å². The number of piperidine rings is 3. The zero-order valence-corrected chi connectivity index (χ0v) is 29.4. The highest BCUT2D eigenvalue weighted by Gasteiger charge is 2.38. The number of pyridine rings is 1. The van der Waals surface area contributed by atoms with Crippen molar-refractivity contribution >= 4 is 41.0 Å². The lowest BCUT2D eigenvalue weighted by atomic mass is 9.86. The van der Waals surface area contributed by atoms with Crippen LogP contribution >= 0.6 is 23.2 Å². The molecule has 3 aliphatic rings. The molecule has 4 aromatic rings. The molecule has 3 saturated heterocycles. The minimum atomic E-state index is -0.917. The number of nitrogens with zero attached hydrogens (tertiary/aromatic N) is 3. The normalized spacial score (nSPS) is 18.5. The zero-order valence-electron chi connectivity index (χ0n) is 27.9. The van der Waals surface area contributed by atoms with Gasteiger partial charge in [0, 0.05) is 24.6 Å². The van der Waals surface area contributed by atoms with Gasteiger partial charge in [-0.15, -0.1) is 0 Å². The van der Waals surface area contributed by atoms with Crippen LogP contribution in [0.5, 0.6) is 17.2 Å². The van der Waals surface area contributed by atoms with Crippen LogP contribution in [-0.2, 0) is 22.4 Å². The van der Waals surface area contributed by atoms with Gasteiger partial charge >= 0.3 is 12.1 Å². The molecule has 11 nitrogen and oxygen atoms in total. The summed E-state index contributed by atoms with van der Waals surface area (Å²) in [5.74, 6) is -0.482. The number of anilines is 1. The summed E-state index contributed by atoms with van der Waals surface area (Å²) in [6.07, 6.45) is 2.23. The third-order valence-electron chi connectivity index (χ3n) is 9.30. The van der Waals surface area contributed by atoms with E-state index in [9.17, 15) is 19.9 Å². The summed E-state index contributed by atoms with van der Waals surface area (Å²) in [4.78, 5) is 30.6. The highest BCUT2D eigenvalue weighted by molar-refractivity contribution is 6.35. The Labute approximate surface area is 304 Å². The molecule has 0 spiro atoms. The standard InChI is InChI=1S/C37H36Cl2FN3O8/c1-48-32-10-7-25(15-34(32)49-2)33(17-27-28(38)19-42(47)20-29(27)39)50-36(45)24-5-3-22(4-6-24)18-43(31-16-26(44)8-9-30(31)40)37(46)51-35-21-41-13-11-23(35)12-14-41/h3-10,15-16,19-20,23,33,35,44H,11-14,17-18,21H2,1-2H3/t33-,35-/m0/s1. The smallest absolute Gasteiger partial charge is 0.415 e. The quantitative estimate of drug-likeness (QED) is 0.0997. The number of amides is 1. The van der Waals surface area contributed by atoms with E-state index >= 15 is 4.39 Å². The van der Waals surface area contributed by atoms with Crippen LogP contribution in [0.1, 0.15) is 46.0 Å². The van der Waals surface area contributed by atoms with E-state index in [4.69, 9.17) is 42.1 Å². The van der Waals surface area contributed by atoms with Gasteiger partial charge in [0.25, 0.3) is 0 Å². The number of fused-ring (bicyclic) bond motifs is 3. The molecule has 3 aromatic carbocycles. The number of ether oxygens (including phenoxy) is 4. The highest BCUT2D eigenvalue weighted by atomic mass is 35.5. The Kier molecular flexibility index (Phi) is 11.0. The molecule has 3 aliphatic heterocycles. The topological polar surface area (TPSA) is 125 Å². The maximum absolute atomic E-state index is 15.1. The first kappa shape index (κ1) is 36.0. The number of phenols is 1. The largest absolute Gasteiger partial charge is 0.619 e. The number of methoxy groups -OCH3 is 2. The third-order valence-corrected chi connectivity index (χ3v) is 9.95. The van der Waals surface area contributed by atoms with Crippen LogP contribution in [0, 0.1) is 16.9 Å². The summed E-state index contributed by atoms with van der Waals surface area (Å²) in [6, 6.07) is 14.8. The molecule has 1 amide bonds. The van der Waals surface area contributed by atoms with Crippen molar-refractivity contribution in [3.05, 3.63) is 116 Å². The van der Waals surface area contributed by atoms with E-state index in [1.54, 1.807) is 30.3 Å². The molecule has 0 saturated carbocycles. The Morgan fingerprint density at radius 2 is 1.69 bits per heavy atom. The molecule has 3 fully saturated rings. The van der Waals surface area contributed by atoms with Crippen LogP contribution < -0.4 is 19.1 Å². The number of carbonyl (C=O) groups is 2. The van der Waals surface area contributed by atoms with Gasteiger partial charge in [0.2, 0.25) is 0 Å². The predicted octanol–water partition coefficient (Wildman–Crippen LogP) is 6.87. The molecule has 2 bridgehead atoms. The molecule has 0 unspecified atom stereocenters. The van der Waals surface area contributed by atoms with Gasteiger partial charge in [-0.1, -0.05) is 41.4 Å². The van der Waals surface area contributed by atoms with Gasteiger partial charge in [0.1, 0.15) is 33.8 Å². The molecule has 4 heterocycles. The van der Waals surface area contributed by atoms with Crippen LogP contribution in [0.25, 0.3) is 0 Å². The van der Waals surface area contributed by atoms with Gasteiger partial charge in [-0.2, -0.15) is 4.73 Å². The molecule has 0 radical (unpaired) electrons. The average Bonchev–Trinajstić information content (AvgIpc) is 3.13. The Hall–Kier alpha value is -4.78. The lowest BCUT2D eigenvalue weighted by Gasteiger charge is -2.44. The van der Waals surface area contributed by atoms with Crippen molar-refractivity contribution < 1.29 is 42.8 Å².